The van der Waals surface area contributed by atoms with Crippen molar-refractivity contribution >= 4 is 34.6 Å². The molecule has 0 saturated heterocycles. The van der Waals surface area contributed by atoms with Gasteiger partial charge in [-0.3, -0.25) is 4.79 Å². The minimum Gasteiger partial charge on any atom is -0.475 e. The quantitative estimate of drug-likeness (QED) is 0.472. The zero-order valence-corrected chi connectivity index (χ0v) is 16.6. The number of carboxylic acids is 1. The zero-order chi connectivity index (χ0) is 22.2. The highest BCUT2D eigenvalue weighted by Crippen LogP contribution is 2.26. The molecule has 0 aliphatic carbocycles. The number of aryl methyl sites for hydroxylation is 1. The number of benzene rings is 1. The lowest BCUT2D eigenvalue weighted by Crippen LogP contribution is -2.21. The number of pyridine rings is 1. The first-order valence-electron chi connectivity index (χ1n) is 8.55. The molecule has 0 saturated carbocycles. The van der Waals surface area contributed by atoms with Crippen LogP contribution in [0.3, 0.4) is 0 Å². The van der Waals surface area contributed by atoms with Gasteiger partial charge in [0, 0.05) is 34.3 Å². The van der Waals surface area contributed by atoms with Crippen LogP contribution in [0.4, 0.5) is 13.2 Å². The first-order valence-corrected chi connectivity index (χ1v) is 9.53. The van der Waals surface area contributed by atoms with E-state index < -0.39 is 18.1 Å². The average Bonchev–Trinajstić information content (AvgIpc) is 2.66. The molecule has 160 valence electrons. The predicted octanol–water partition coefficient (Wildman–Crippen LogP) is 2.95. The van der Waals surface area contributed by atoms with Crippen LogP contribution in [0.2, 0.25) is 0 Å². The van der Waals surface area contributed by atoms with E-state index in [0.29, 0.717) is 11.9 Å². The van der Waals surface area contributed by atoms with Gasteiger partial charge in [0.25, 0.3) is 0 Å². The molecule has 29 heavy (non-hydrogen) atoms. The number of fused-ring (bicyclic) bond motifs is 1. The normalized spacial score (nSPS) is 11.0. The number of aromatic nitrogens is 1. The van der Waals surface area contributed by atoms with Gasteiger partial charge in [-0.1, -0.05) is 6.92 Å². The van der Waals surface area contributed by atoms with Gasteiger partial charge < -0.3 is 20.6 Å². The van der Waals surface area contributed by atoms with E-state index in [-0.39, 0.29) is 17.6 Å². The number of hydrogen-bond donors (Lipinski definition) is 3. The number of aliphatic carboxylic acids is 1. The van der Waals surface area contributed by atoms with Gasteiger partial charge in [-0.25, -0.2) is 9.59 Å². The lowest BCUT2D eigenvalue weighted by Gasteiger charge is -2.10. The Balaban J connectivity index is 0.000000516. The molecular formula is C18H21F3N2O5S. The number of thioether (sulfide) groups is 1. The average molecular weight is 434 g/mol. The second-order valence-corrected chi connectivity index (χ2v) is 6.69. The van der Waals surface area contributed by atoms with E-state index in [1.807, 2.05) is 12.1 Å². The van der Waals surface area contributed by atoms with E-state index in [2.05, 4.69) is 11.9 Å². The molecule has 1 aromatic carbocycles. The first kappa shape index (κ1) is 24.5. The second-order valence-electron chi connectivity index (χ2n) is 5.55. The Hall–Kier alpha value is -2.53. The maximum atomic E-state index is 12.5. The molecule has 0 aliphatic rings. The third-order valence-electron chi connectivity index (χ3n) is 3.56. The van der Waals surface area contributed by atoms with Gasteiger partial charge >= 0.3 is 18.1 Å². The molecule has 1 aromatic heterocycles. The first-order chi connectivity index (χ1) is 13.6. The Bertz CT molecular complexity index is 928. The molecule has 1 heterocycles. The van der Waals surface area contributed by atoms with Crippen molar-refractivity contribution < 1.29 is 32.6 Å². The van der Waals surface area contributed by atoms with Crippen molar-refractivity contribution in [2.24, 2.45) is 5.73 Å². The predicted molar refractivity (Wildman–Crippen MR) is 103 cm³/mol. The summed E-state index contributed by atoms with van der Waals surface area (Å²) < 4.78 is 36.7. The molecule has 2 rings (SSSR count). The van der Waals surface area contributed by atoms with Crippen LogP contribution in [0.15, 0.2) is 28.0 Å². The molecule has 0 aliphatic heterocycles. The van der Waals surface area contributed by atoms with Crippen molar-refractivity contribution in [1.29, 1.82) is 0 Å². The van der Waals surface area contributed by atoms with Crippen molar-refractivity contribution in [2.75, 3.05) is 18.9 Å². The van der Waals surface area contributed by atoms with Gasteiger partial charge in [-0.15, -0.1) is 11.8 Å². The Labute approximate surface area is 168 Å². The molecule has 4 N–H and O–H groups in total. The third-order valence-corrected chi connectivity index (χ3v) is 4.69. The van der Waals surface area contributed by atoms with Crippen LogP contribution in [-0.2, 0) is 16.0 Å². The van der Waals surface area contributed by atoms with Crippen LogP contribution in [-0.4, -0.2) is 47.1 Å². The maximum Gasteiger partial charge on any atom is 0.490 e. The molecule has 0 bridgehead atoms. The van der Waals surface area contributed by atoms with Crippen LogP contribution in [0.5, 0.6) is 0 Å². The van der Waals surface area contributed by atoms with E-state index >= 15 is 0 Å². The van der Waals surface area contributed by atoms with Gasteiger partial charge in [0.15, 0.2) is 0 Å². The van der Waals surface area contributed by atoms with Gasteiger partial charge in [0.2, 0.25) is 5.43 Å². The maximum absolute atomic E-state index is 12.5. The van der Waals surface area contributed by atoms with E-state index in [4.69, 9.17) is 20.4 Å². The number of aromatic amines is 1. The lowest BCUT2D eigenvalue weighted by molar-refractivity contribution is -0.192. The van der Waals surface area contributed by atoms with E-state index in [0.717, 1.165) is 28.1 Å². The Morgan fingerprint density at radius 3 is 2.38 bits per heavy atom. The summed E-state index contributed by atoms with van der Waals surface area (Å²) in [5, 5.41) is 7.63. The number of hydrogen-bond acceptors (Lipinski definition) is 6. The molecule has 0 atom stereocenters. The summed E-state index contributed by atoms with van der Waals surface area (Å²) in [6.45, 7) is 4.59. The highest BCUT2D eigenvalue weighted by molar-refractivity contribution is 7.99. The summed E-state index contributed by atoms with van der Waals surface area (Å²) >= 11 is 1.63. The third kappa shape index (κ3) is 6.79. The van der Waals surface area contributed by atoms with E-state index in [1.54, 1.807) is 18.7 Å². The number of nitrogens with two attached hydrogens (primary N) is 1. The smallest absolute Gasteiger partial charge is 0.475 e. The van der Waals surface area contributed by atoms with Crippen LogP contribution in [0.25, 0.3) is 10.9 Å². The number of nitrogens with one attached hydrogen (secondary N) is 1. The van der Waals surface area contributed by atoms with Gasteiger partial charge in [-0.2, -0.15) is 13.2 Å². The summed E-state index contributed by atoms with van der Waals surface area (Å²) in [5.41, 5.74) is 7.18. The molecule has 11 heteroatoms. The molecular weight excluding hydrogens is 413 g/mol. The van der Waals surface area contributed by atoms with Gasteiger partial charge in [0.1, 0.15) is 5.56 Å². The summed E-state index contributed by atoms with van der Waals surface area (Å²) in [4.78, 5) is 37.3. The Kier molecular flexibility index (Phi) is 9.18. The molecule has 0 fully saturated rings. The molecule has 2 aromatic rings. The van der Waals surface area contributed by atoms with Crippen molar-refractivity contribution in [2.45, 2.75) is 31.3 Å². The minimum atomic E-state index is -5.08. The van der Waals surface area contributed by atoms with Crippen LogP contribution >= 0.6 is 11.8 Å². The highest BCUT2D eigenvalue weighted by atomic mass is 32.2. The van der Waals surface area contributed by atoms with Crippen molar-refractivity contribution in [3.05, 3.63) is 39.7 Å². The van der Waals surface area contributed by atoms with Crippen LogP contribution in [0, 0.1) is 0 Å². The second kappa shape index (κ2) is 10.9. The number of rotatable bonds is 6. The van der Waals surface area contributed by atoms with Crippen LogP contribution in [0.1, 0.15) is 29.8 Å². The number of carbonyl (C=O) groups excluding carboxylic acids is 1. The molecule has 0 unspecified atom stereocenters. The van der Waals surface area contributed by atoms with Crippen molar-refractivity contribution in [3.63, 3.8) is 0 Å². The van der Waals surface area contributed by atoms with Gasteiger partial charge in [0.05, 0.1) is 6.61 Å². The van der Waals surface area contributed by atoms with Crippen molar-refractivity contribution in [3.8, 4) is 0 Å². The lowest BCUT2D eigenvalue weighted by atomic mass is 10.1. The monoisotopic (exact) mass is 434 g/mol. The number of carbonyl (C=O) groups is 2. The highest BCUT2D eigenvalue weighted by Gasteiger charge is 2.38. The number of carboxylic acid groups (broad SMARTS) is 1. The molecule has 7 nitrogen and oxygen atoms in total. The number of H-pyrrole nitrogens is 1. The van der Waals surface area contributed by atoms with E-state index in [1.165, 1.54) is 6.20 Å². The molecule has 0 spiro atoms. The SMILES string of the molecule is CCOC(=O)c1c[nH]c2cc(CC)c(SCCN)cc2c1=O.O=C(O)C(F)(F)F. The Morgan fingerprint density at radius 1 is 1.28 bits per heavy atom. The molecule has 0 radical (unpaired) electrons. The minimum absolute atomic E-state index is 0.0355. The summed E-state index contributed by atoms with van der Waals surface area (Å²) in [5.74, 6) is -2.57. The van der Waals surface area contributed by atoms with E-state index in [9.17, 15) is 22.8 Å². The fourth-order valence-electron chi connectivity index (χ4n) is 2.23. The van der Waals surface area contributed by atoms with Gasteiger partial charge in [-0.05, 0) is 31.0 Å². The van der Waals surface area contributed by atoms with Crippen LogP contribution < -0.4 is 11.2 Å². The number of ether oxygens (including phenoxy) is 1. The number of halogens is 3. The zero-order valence-electron chi connectivity index (χ0n) is 15.8. The Morgan fingerprint density at radius 2 is 1.90 bits per heavy atom. The summed E-state index contributed by atoms with van der Waals surface area (Å²) in [7, 11) is 0. The fraction of sp³-hybridized carbons (Fsp3) is 0.389. The summed E-state index contributed by atoms with van der Waals surface area (Å²) in [6, 6.07) is 3.81. The summed E-state index contributed by atoms with van der Waals surface area (Å²) in [6.07, 6.45) is -2.79. The fourth-order valence-corrected chi connectivity index (χ4v) is 3.16. The number of alkyl halides is 3. The standard InChI is InChI=1S/C16H20N2O3S.C2HF3O2/c1-3-10-7-13-11(8-14(10)22-6-5-17)15(19)12(9-18-13)16(20)21-4-2;3-2(4,5)1(6)7/h7-9H,3-6,17H2,1-2H3,(H,18,19);(H,6,7). The molecule has 0 amide bonds. The number of esters is 1. The van der Waals surface area contributed by atoms with Crippen molar-refractivity contribution in [1.82, 2.24) is 4.98 Å². The largest absolute Gasteiger partial charge is 0.490 e. The topological polar surface area (TPSA) is 122 Å².